The second-order valence-corrected chi connectivity index (χ2v) is 8.54. The highest BCUT2D eigenvalue weighted by Crippen LogP contribution is 2.45. The molecule has 0 radical (unpaired) electrons. The van der Waals surface area contributed by atoms with Crippen molar-refractivity contribution in [3.8, 4) is 11.5 Å². The zero-order valence-electron chi connectivity index (χ0n) is 18.8. The van der Waals surface area contributed by atoms with Gasteiger partial charge in [0.25, 0.3) is 5.91 Å². The van der Waals surface area contributed by atoms with Crippen LogP contribution < -0.4 is 14.8 Å². The lowest BCUT2D eigenvalue weighted by molar-refractivity contribution is -0.173. The summed E-state index contributed by atoms with van der Waals surface area (Å²) in [6.45, 7) is 2.17. The number of nitrogens with one attached hydrogen (secondary N) is 1. The maximum atomic E-state index is 14.0. The summed E-state index contributed by atoms with van der Waals surface area (Å²) in [5.74, 6) is 0.694. The van der Waals surface area contributed by atoms with Gasteiger partial charge in [-0.05, 0) is 24.6 Å². The van der Waals surface area contributed by atoms with Gasteiger partial charge in [0.05, 0.1) is 11.7 Å². The topological polar surface area (TPSA) is 86.4 Å². The van der Waals surface area contributed by atoms with E-state index in [9.17, 15) is 18.0 Å². The smallest absolute Gasteiger partial charge is 0.410 e. The van der Waals surface area contributed by atoms with E-state index in [1.807, 2.05) is 6.92 Å². The molecule has 1 aromatic carbocycles. The molecule has 180 valence electrons. The minimum Gasteiger partial charge on any atom is -0.454 e. The number of anilines is 1. The van der Waals surface area contributed by atoms with Gasteiger partial charge in [0, 0.05) is 44.9 Å². The Hall–Kier alpha value is -3.70. The molecule has 9 nitrogen and oxygen atoms in total. The highest BCUT2D eigenvalue weighted by atomic mass is 19.4. The molecular weight excluding hydrogens is 453 g/mol. The van der Waals surface area contributed by atoms with Crippen LogP contribution >= 0.6 is 0 Å². The molecule has 2 aromatic heterocycles. The number of aromatic nitrogens is 4. The SMILES string of the molecule is Cc1nn(C)cc1CN(C)C(=O)c1cc2n(n1)C(C(F)(F)F)CC(c1ccc3c(c1)OCO3)N2. The van der Waals surface area contributed by atoms with Crippen molar-refractivity contribution in [1.29, 1.82) is 0 Å². The first-order chi connectivity index (χ1) is 16.1. The number of rotatable bonds is 4. The second-order valence-electron chi connectivity index (χ2n) is 8.54. The summed E-state index contributed by atoms with van der Waals surface area (Å²) in [5, 5.41) is 11.4. The molecular formula is C22H23F3N6O3. The number of hydrogen-bond acceptors (Lipinski definition) is 6. The predicted octanol–water partition coefficient (Wildman–Crippen LogP) is 3.59. The summed E-state index contributed by atoms with van der Waals surface area (Å²) in [6, 6.07) is 3.90. The van der Waals surface area contributed by atoms with Crippen LogP contribution in [0, 0.1) is 6.92 Å². The van der Waals surface area contributed by atoms with Crippen LogP contribution in [0.1, 0.15) is 45.8 Å². The first-order valence-corrected chi connectivity index (χ1v) is 10.7. The Labute approximate surface area is 193 Å². The van der Waals surface area contributed by atoms with E-state index in [4.69, 9.17) is 9.47 Å². The van der Waals surface area contributed by atoms with Crippen molar-refractivity contribution in [1.82, 2.24) is 24.5 Å². The number of benzene rings is 1. The number of ether oxygens (including phenoxy) is 2. The fraction of sp³-hybridized carbons (Fsp3) is 0.409. The minimum atomic E-state index is -4.55. The first kappa shape index (κ1) is 22.1. The Balaban J connectivity index is 1.42. The maximum absolute atomic E-state index is 14.0. The molecule has 3 aromatic rings. The molecule has 5 rings (SSSR count). The van der Waals surface area contributed by atoms with Crippen LogP contribution in [0.15, 0.2) is 30.5 Å². The van der Waals surface area contributed by atoms with E-state index in [0.29, 0.717) is 17.1 Å². The fourth-order valence-electron chi connectivity index (χ4n) is 4.35. The van der Waals surface area contributed by atoms with Gasteiger partial charge in [0.1, 0.15) is 5.82 Å². The second kappa shape index (κ2) is 7.96. The number of carbonyl (C=O) groups excluding carboxylic acids is 1. The molecule has 0 saturated carbocycles. The molecule has 0 aliphatic carbocycles. The summed E-state index contributed by atoms with van der Waals surface area (Å²) in [7, 11) is 3.36. The van der Waals surface area contributed by atoms with E-state index in [-0.39, 0.29) is 31.3 Å². The molecule has 0 saturated heterocycles. The standard InChI is InChI=1S/C22H23F3N6O3/c1-12-14(10-30(3)27-12)9-29(2)21(32)16-8-20-26-15(7-19(22(23,24)25)31(20)28-16)13-4-5-17-18(6-13)34-11-33-17/h4-6,8,10,15,19,26H,7,9,11H2,1-3H3. The van der Waals surface area contributed by atoms with E-state index in [1.165, 1.54) is 11.0 Å². The van der Waals surface area contributed by atoms with Crippen molar-refractivity contribution in [2.75, 3.05) is 19.2 Å². The van der Waals surface area contributed by atoms with Crippen LogP contribution in [0.2, 0.25) is 0 Å². The third-order valence-corrected chi connectivity index (χ3v) is 6.08. The highest BCUT2D eigenvalue weighted by Gasteiger charge is 2.47. The zero-order chi connectivity index (χ0) is 24.2. The van der Waals surface area contributed by atoms with Gasteiger partial charge in [-0.15, -0.1) is 0 Å². The Morgan fingerprint density at radius 2 is 2.00 bits per heavy atom. The van der Waals surface area contributed by atoms with E-state index >= 15 is 0 Å². The third kappa shape index (κ3) is 3.93. The number of nitrogens with zero attached hydrogens (tertiary/aromatic N) is 5. The monoisotopic (exact) mass is 476 g/mol. The third-order valence-electron chi connectivity index (χ3n) is 6.08. The van der Waals surface area contributed by atoms with Gasteiger partial charge < -0.3 is 19.7 Å². The van der Waals surface area contributed by atoms with Crippen LogP contribution in [0.3, 0.4) is 0 Å². The highest BCUT2D eigenvalue weighted by molar-refractivity contribution is 5.93. The van der Waals surface area contributed by atoms with Crippen molar-refractivity contribution < 1.29 is 27.4 Å². The van der Waals surface area contributed by atoms with Crippen molar-refractivity contribution in [2.45, 2.75) is 38.1 Å². The molecule has 0 fully saturated rings. The predicted molar refractivity (Wildman–Crippen MR) is 115 cm³/mol. The Morgan fingerprint density at radius 3 is 2.71 bits per heavy atom. The molecule has 12 heteroatoms. The summed E-state index contributed by atoms with van der Waals surface area (Å²) in [5.41, 5.74) is 2.18. The van der Waals surface area contributed by atoms with Crippen LogP contribution in [0.25, 0.3) is 0 Å². The maximum Gasteiger partial charge on any atom is 0.410 e. The van der Waals surface area contributed by atoms with Gasteiger partial charge in [0.15, 0.2) is 23.2 Å². The van der Waals surface area contributed by atoms with E-state index in [1.54, 1.807) is 43.2 Å². The molecule has 0 spiro atoms. The Bertz CT molecular complexity index is 1250. The number of alkyl halides is 3. The molecule has 2 unspecified atom stereocenters. The van der Waals surface area contributed by atoms with Crippen LogP contribution in [-0.2, 0) is 13.6 Å². The largest absolute Gasteiger partial charge is 0.454 e. The zero-order valence-corrected chi connectivity index (χ0v) is 18.8. The summed E-state index contributed by atoms with van der Waals surface area (Å²) in [4.78, 5) is 14.4. The van der Waals surface area contributed by atoms with E-state index < -0.39 is 24.2 Å². The van der Waals surface area contributed by atoms with Gasteiger partial charge >= 0.3 is 6.18 Å². The van der Waals surface area contributed by atoms with Gasteiger partial charge in [-0.25, -0.2) is 4.68 Å². The summed E-state index contributed by atoms with van der Waals surface area (Å²) >= 11 is 0. The molecule has 2 aliphatic heterocycles. The van der Waals surface area contributed by atoms with Crippen molar-refractivity contribution >= 4 is 11.7 Å². The van der Waals surface area contributed by atoms with Crippen molar-refractivity contribution in [3.63, 3.8) is 0 Å². The number of fused-ring (bicyclic) bond motifs is 2. The van der Waals surface area contributed by atoms with E-state index in [2.05, 4.69) is 15.5 Å². The number of aryl methyl sites for hydroxylation is 2. The number of amides is 1. The molecule has 1 N–H and O–H groups in total. The van der Waals surface area contributed by atoms with Gasteiger partial charge in [0.2, 0.25) is 6.79 Å². The lowest BCUT2D eigenvalue weighted by Crippen LogP contribution is -2.35. The summed E-state index contributed by atoms with van der Waals surface area (Å²) in [6.07, 6.45) is -3.03. The molecule has 34 heavy (non-hydrogen) atoms. The normalized spacial score (nSPS) is 19.0. The summed E-state index contributed by atoms with van der Waals surface area (Å²) < 4.78 is 55.1. The number of carbonyl (C=O) groups is 1. The number of halogens is 3. The van der Waals surface area contributed by atoms with E-state index in [0.717, 1.165) is 15.9 Å². The average Bonchev–Trinajstić information content (AvgIpc) is 3.49. The lowest BCUT2D eigenvalue weighted by atomic mass is 9.96. The van der Waals surface area contributed by atoms with Crippen molar-refractivity contribution in [3.05, 3.63) is 53.0 Å². The minimum absolute atomic E-state index is 0.0628. The molecule has 0 bridgehead atoms. The first-order valence-electron chi connectivity index (χ1n) is 10.7. The Morgan fingerprint density at radius 1 is 1.24 bits per heavy atom. The molecule has 1 amide bonds. The molecule has 2 aliphatic rings. The van der Waals surface area contributed by atoms with Crippen LogP contribution in [0.4, 0.5) is 19.0 Å². The molecule has 4 heterocycles. The van der Waals surface area contributed by atoms with Crippen molar-refractivity contribution in [2.24, 2.45) is 7.05 Å². The van der Waals surface area contributed by atoms with Gasteiger partial charge in [-0.1, -0.05) is 6.07 Å². The fourth-order valence-corrected chi connectivity index (χ4v) is 4.35. The lowest BCUT2D eigenvalue weighted by Gasteiger charge is -2.33. The van der Waals surface area contributed by atoms with Gasteiger partial charge in [-0.2, -0.15) is 23.4 Å². The van der Waals surface area contributed by atoms with Crippen LogP contribution in [-0.4, -0.2) is 50.4 Å². The van der Waals surface area contributed by atoms with Gasteiger partial charge in [-0.3, -0.25) is 9.48 Å². The quantitative estimate of drug-likeness (QED) is 0.620. The average molecular weight is 476 g/mol. The Kier molecular flexibility index (Phi) is 5.18. The number of hydrogen-bond donors (Lipinski definition) is 1. The van der Waals surface area contributed by atoms with Crippen LogP contribution in [0.5, 0.6) is 11.5 Å². The molecule has 2 atom stereocenters.